The zero-order chi connectivity index (χ0) is 15.3. The lowest BCUT2D eigenvalue weighted by molar-refractivity contribution is -0.149. The molecule has 2 rings (SSSR count). The molecule has 0 heterocycles. The Balaban J connectivity index is 2.23. The Labute approximate surface area is 128 Å². The number of aryl methyl sites for hydroxylation is 1. The van der Waals surface area contributed by atoms with Gasteiger partial charge >= 0.3 is 5.97 Å². The highest BCUT2D eigenvalue weighted by molar-refractivity contribution is 5.75. The largest absolute Gasteiger partial charge is 0.481 e. The van der Waals surface area contributed by atoms with Gasteiger partial charge in [-0.25, -0.2) is 0 Å². The molecule has 1 saturated carbocycles. The third-order valence-corrected chi connectivity index (χ3v) is 4.76. The fourth-order valence-corrected chi connectivity index (χ4v) is 3.42. The monoisotopic (exact) mass is 289 g/mol. The van der Waals surface area contributed by atoms with E-state index >= 15 is 0 Å². The van der Waals surface area contributed by atoms with Crippen molar-refractivity contribution in [2.45, 2.75) is 52.4 Å². The third-order valence-electron chi connectivity index (χ3n) is 4.76. The van der Waals surface area contributed by atoms with Gasteiger partial charge in [-0.2, -0.15) is 0 Å². The number of nitrogens with zero attached hydrogens (tertiary/aromatic N) is 1. The molecule has 1 aliphatic rings. The topological polar surface area (TPSA) is 40.5 Å². The number of carboxylic acids is 1. The van der Waals surface area contributed by atoms with Crippen LogP contribution >= 0.6 is 0 Å². The van der Waals surface area contributed by atoms with Gasteiger partial charge in [-0.1, -0.05) is 37.8 Å². The summed E-state index contributed by atoms with van der Waals surface area (Å²) in [5.41, 5.74) is 1.79. The zero-order valence-corrected chi connectivity index (χ0v) is 13.3. The first-order valence-corrected chi connectivity index (χ1v) is 8.12. The van der Waals surface area contributed by atoms with Gasteiger partial charge in [0, 0.05) is 18.8 Å². The Hall–Kier alpha value is -1.51. The summed E-state index contributed by atoms with van der Waals surface area (Å²) in [7, 11) is 0. The molecular formula is C18H27NO2. The van der Waals surface area contributed by atoms with Crippen molar-refractivity contribution >= 4 is 11.7 Å². The predicted molar refractivity (Wildman–Crippen MR) is 86.8 cm³/mol. The maximum Gasteiger partial charge on any atom is 0.311 e. The molecule has 3 nitrogen and oxygen atoms in total. The number of rotatable bonds is 5. The van der Waals surface area contributed by atoms with E-state index in [4.69, 9.17) is 0 Å². The molecular weight excluding hydrogens is 262 g/mol. The molecule has 0 bridgehead atoms. The van der Waals surface area contributed by atoms with E-state index < -0.39 is 11.4 Å². The van der Waals surface area contributed by atoms with E-state index in [-0.39, 0.29) is 0 Å². The Morgan fingerprint density at radius 1 is 1.24 bits per heavy atom. The standard InChI is InChI=1S/C18H27NO2/c1-3-19(16-10-8-9-15(2)13-16)14-18(17(20)21)11-6-4-5-7-12-18/h8-10,13H,3-7,11-12,14H2,1-2H3,(H,20,21). The Morgan fingerprint density at radius 3 is 2.43 bits per heavy atom. The predicted octanol–water partition coefficient (Wildman–Crippen LogP) is 4.25. The number of hydrogen-bond acceptors (Lipinski definition) is 2. The molecule has 0 unspecified atom stereocenters. The van der Waals surface area contributed by atoms with E-state index in [0.717, 1.165) is 37.9 Å². The Kier molecular flexibility index (Phi) is 5.27. The smallest absolute Gasteiger partial charge is 0.311 e. The molecule has 1 aromatic rings. The number of hydrogen-bond donors (Lipinski definition) is 1. The maximum atomic E-state index is 12.0. The van der Waals surface area contributed by atoms with Gasteiger partial charge in [-0.15, -0.1) is 0 Å². The normalized spacial score (nSPS) is 18.0. The molecule has 1 fully saturated rings. The van der Waals surface area contributed by atoms with E-state index in [1.54, 1.807) is 0 Å². The molecule has 1 aliphatic carbocycles. The van der Waals surface area contributed by atoms with Crippen molar-refractivity contribution in [3.8, 4) is 0 Å². The fourth-order valence-electron chi connectivity index (χ4n) is 3.42. The molecule has 3 heteroatoms. The second-order valence-electron chi connectivity index (χ2n) is 6.35. The summed E-state index contributed by atoms with van der Waals surface area (Å²) in [6.07, 6.45) is 6.04. The van der Waals surface area contributed by atoms with E-state index in [2.05, 4.69) is 36.9 Å². The third kappa shape index (κ3) is 3.78. The van der Waals surface area contributed by atoms with Crippen LogP contribution in [0.5, 0.6) is 0 Å². The number of carboxylic acid groups (broad SMARTS) is 1. The van der Waals surface area contributed by atoms with Crippen LogP contribution < -0.4 is 4.90 Å². The van der Waals surface area contributed by atoms with E-state index in [9.17, 15) is 9.90 Å². The summed E-state index contributed by atoms with van der Waals surface area (Å²) < 4.78 is 0. The summed E-state index contributed by atoms with van der Waals surface area (Å²) in [6.45, 7) is 5.66. The van der Waals surface area contributed by atoms with Crippen molar-refractivity contribution in [1.82, 2.24) is 0 Å². The van der Waals surface area contributed by atoms with Gasteiger partial charge in [0.1, 0.15) is 0 Å². The summed E-state index contributed by atoms with van der Waals surface area (Å²) in [4.78, 5) is 14.2. The van der Waals surface area contributed by atoms with E-state index in [0.29, 0.717) is 6.54 Å². The zero-order valence-electron chi connectivity index (χ0n) is 13.3. The van der Waals surface area contributed by atoms with Crippen LogP contribution in [-0.4, -0.2) is 24.2 Å². The van der Waals surface area contributed by atoms with Crippen molar-refractivity contribution < 1.29 is 9.90 Å². The minimum absolute atomic E-state index is 0.573. The number of aliphatic carboxylic acids is 1. The summed E-state index contributed by atoms with van der Waals surface area (Å²) in [5, 5.41) is 9.83. The van der Waals surface area contributed by atoms with Gasteiger partial charge in [0.2, 0.25) is 0 Å². The summed E-state index contributed by atoms with van der Waals surface area (Å²) in [6, 6.07) is 8.36. The fraction of sp³-hybridized carbons (Fsp3) is 0.611. The van der Waals surface area contributed by atoms with Gasteiger partial charge < -0.3 is 10.0 Å². The maximum absolute atomic E-state index is 12.0. The quantitative estimate of drug-likeness (QED) is 0.824. The second-order valence-corrected chi connectivity index (χ2v) is 6.35. The lowest BCUT2D eigenvalue weighted by Gasteiger charge is -2.35. The Bertz CT molecular complexity index is 476. The minimum Gasteiger partial charge on any atom is -0.481 e. The molecule has 0 aromatic heterocycles. The summed E-state index contributed by atoms with van der Waals surface area (Å²) in [5.74, 6) is -0.615. The molecule has 0 amide bonds. The highest BCUT2D eigenvalue weighted by Crippen LogP contribution is 2.37. The van der Waals surface area contributed by atoms with Gasteiger partial charge in [0.25, 0.3) is 0 Å². The van der Waals surface area contributed by atoms with Crippen LogP contribution in [0.15, 0.2) is 24.3 Å². The molecule has 0 saturated heterocycles. The summed E-state index contributed by atoms with van der Waals surface area (Å²) >= 11 is 0. The lowest BCUT2D eigenvalue weighted by Crippen LogP contribution is -2.43. The molecule has 1 aromatic carbocycles. The highest BCUT2D eigenvalue weighted by Gasteiger charge is 2.40. The first-order valence-electron chi connectivity index (χ1n) is 8.12. The molecule has 0 atom stereocenters. The number of carbonyl (C=O) groups is 1. The van der Waals surface area contributed by atoms with Crippen LogP contribution in [0.4, 0.5) is 5.69 Å². The van der Waals surface area contributed by atoms with Crippen LogP contribution in [0, 0.1) is 12.3 Å². The Morgan fingerprint density at radius 2 is 1.90 bits per heavy atom. The first-order chi connectivity index (χ1) is 10.1. The van der Waals surface area contributed by atoms with Crippen LogP contribution in [-0.2, 0) is 4.79 Å². The van der Waals surface area contributed by atoms with Crippen molar-refractivity contribution in [2.24, 2.45) is 5.41 Å². The average molecular weight is 289 g/mol. The van der Waals surface area contributed by atoms with E-state index in [1.165, 1.54) is 18.4 Å². The molecule has 0 radical (unpaired) electrons. The minimum atomic E-state index is -0.615. The average Bonchev–Trinajstić information content (AvgIpc) is 2.71. The van der Waals surface area contributed by atoms with Gasteiger partial charge in [-0.3, -0.25) is 4.79 Å². The van der Waals surface area contributed by atoms with Crippen LogP contribution in [0.3, 0.4) is 0 Å². The van der Waals surface area contributed by atoms with Crippen molar-refractivity contribution in [3.63, 3.8) is 0 Å². The van der Waals surface area contributed by atoms with Gasteiger partial charge in [-0.05, 0) is 44.4 Å². The van der Waals surface area contributed by atoms with Gasteiger partial charge in [0.05, 0.1) is 5.41 Å². The molecule has 0 aliphatic heterocycles. The van der Waals surface area contributed by atoms with Crippen molar-refractivity contribution in [2.75, 3.05) is 18.0 Å². The van der Waals surface area contributed by atoms with Gasteiger partial charge in [0.15, 0.2) is 0 Å². The van der Waals surface area contributed by atoms with Crippen molar-refractivity contribution in [1.29, 1.82) is 0 Å². The highest BCUT2D eigenvalue weighted by atomic mass is 16.4. The van der Waals surface area contributed by atoms with Crippen molar-refractivity contribution in [3.05, 3.63) is 29.8 Å². The molecule has 21 heavy (non-hydrogen) atoms. The SMILES string of the molecule is CCN(CC1(C(=O)O)CCCCCC1)c1cccc(C)c1. The van der Waals surface area contributed by atoms with Crippen LogP contribution in [0.25, 0.3) is 0 Å². The second kappa shape index (κ2) is 6.97. The first kappa shape index (κ1) is 15.9. The number of anilines is 1. The molecule has 0 spiro atoms. The molecule has 1 N–H and O–H groups in total. The number of benzene rings is 1. The molecule has 116 valence electrons. The van der Waals surface area contributed by atoms with E-state index in [1.807, 2.05) is 6.07 Å². The lowest BCUT2D eigenvalue weighted by atomic mass is 9.79. The van der Waals surface area contributed by atoms with Crippen LogP contribution in [0.1, 0.15) is 51.0 Å². The van der Waals surface area contributed by atoms with Crippen LogP contribution in [0.2, 0.25) is 0 Å².